The van der Waals surface area contributed by atoms with E-state index in [0.717, 1.165) is 22.3 Å². The largest absolute Gasteiger partial charge is 0.378 e. The average molecular weight is 293 g/mol. The van der Waals surface area contributed by atoms with Crippen molar-refractivity contribution in [2.75, 3.05) is 24.7 Å². The average Bonchev–Trinajstić information content (AvgIpc) is 2.85. The Morgan fingerprint density at radius 1 is 1.21 bits per heavy atom. The van der Waals surface area contributed by atoms with E-state index in [4.69, 9.17) is 0 Å². The van der Waals surface area contributed by atoms with Crippen LogP contribution in [0, 0.1) is 0 Å². The van der Waals surface area contributed by atoms with Crippen LogP contribution in [-0.4, -0.2) is 29.2 Å². The van der Waals surface area contributed by atoms with Gasteiger partial charge in [0, 0.05) is 31.3 Å². The highest BCUT2D eigenvalue weighted by molar-refractivity contribution is 7.99. The van der Waals surface area contributed by atoms with E-state index in [1.807, 2.05) is 43.3 Å². The molecule has 100 valence electrons. The second-order valence-electron chi connectivity index (χ2n) is 3.90. The molecular formula is C12H15N5S2. The number of hydrogen-bond acceptors (Lipinski definition) is 7. The maximum atomic E-state index is 4.26. The SMILES string of the molecule is CCSc1nsc(N=Nc2ccc(N(C)C)cc2)n1. The van der Waals surface area contributed by atoms with Crippen LogP contribution < -0.4 is 4.90 Å². The highest BCUT2D eigenvalue weighted by Gasteiger charge is 2.02. The second-order valence-corrected chi connectivity index (χ2v) is 5.86. The summed E-state index contributed by atoms with van der Waals surface area (Å²) in [7, 11) is 4.01. The van der Waals surface area contributed by atoms with Crippen LogP contribution in [0.3, 0.4) is 0 Å². The molecule has 0 unspecified atom stereocenters. The van der Waals surface area contributed by atoms with Crippen molar-refractivity contribution in [2.45, 2.75) is 12.1 Å². The molecule has 0 bridgehead atoms. The van der Waals surface area contributed by atoms with Gasteiger partial charge in [-0.2, -0.15) is 9.36 Å². The lowest BCUT2D eigenvalue weighted by atomic mass is 10.3. The first kappa shape index (κ1) is 14.0. The van der Waals surface area contributed by atoms with Crippen molar-refractivity contribution in [2.24, 2.45) is 10.2 Å². The fourth-order valence-corrected chi connectivity index (χ4v) is 2.54. The lowest BCUT2D eigenvalue weighted by molar-refractivity contribution is 1.05. The summed E-state index contributed by atoms with van der Waals surface area (Å²) in [6.45, 7) is 2.07. The van der Waals surface area contributed by atoms with Crippen LogP contribution in [0.1, 0.15) is 6.92 Å². The van der Waals surface area contributed by atoms with Crippen molar-refractivity contribution < 1.29 is 0 Å². The Kier molecular flexibility index (Phi) is 4.86. The molecule has 1 aromatic carbocycles. The van der Waals surface area contributed by atoms with E-state index in [-0.39, 0.29) is 0 Å². The summed E-state index contributed by atoms with van der Waals surface area (Å²) in [6.07, 6.45) is 0. The number of aromatic nitrogens is 2. The number of hydrogen-bond donors (Lipinski definition) is 0. The Morgan fingerprint density at radius 3 is 2.58 bits per heavy atom. The van der Waals surface area contributed by atoms with E-state index in [0.29, 0.717) is 5.13 Å². The highest BCUT2D eigenvalue weighted by atomic mass is 32.2. The summed E-state index contributed by atoms with van der Waals surface area (Å²) >= 11 is 2.87. The minimum atomic E-state index is 0.590. The minimum Gasteiger partial charge on any atom is -0.378 e. The van der Waals surface area contributed by atoms with Gasteiger partial charge in [0.2, 0.25) is 10.3 Å². The number of benzene rings is 1. The maximum Gasteiger partial charge on any atom is 0.250 e. The van der Waals surface area contributed by atoms with E-state index >= 15 is 0 Å². The Hall–Kier alpha value is -1.47. The van der Waals surface area contributed by atoms with Crippen molar-refractivity contribution in [3.8, 4) is 0 Å². The zero-order valence-electron chi connectivity index (χ0n) is 11.1. The van der Waals surface area contributed by atoms with Gasteiger partial charge in [-0.05, 0) is 30.0 Å². The summed E-state index contributed by atoms with van der Waals surface area (Å²) in [6, 6.07) is 7.88. The van der Waals surface area contributed by atoms with Gasteiger partial charge in [-0.1, -0.05) is 18.7 Å². The van der Waals surface area contributed by atoms with E-state index in [9.17, 15) is 0 Å². The summed E-state index contributed by atoms with van der Waals surface area (Å²) < 4.78 is 4.19. The van der Waals surface area contributed by atoms with E-state index in [1.54, 1.807) is 11.8 Å². The van der Waals surface area contributed by atoms with Crippen LogP contribution in [0.15, 0.2) is 39.7 Å². The molecule has 0 N–H and O–H groups in total. The lowest BCUT2D eigenvalue weighted by Crippen LogP contribution is -2.07. The Labute approximate surface area is 120 Å². The molecule has 0 aliphatic rings. The molecule has 0 atom stereocenters. The number of nitrogens with zero attached hydrogens (tertiary/aromatic N) is 5. The molecule has 2 rings (SSSR count). The molecule has 0 saturated heterocycles. The van der Waals surface area contributed by atoms with E-state index in [2.05, 4.69) is 26.5 Å². The Morgan fingerprint density at radius 2 is 1.95 bits per heavy atom. The van der Waals surface area contributed by atoms with Crippen LogP contribution in [0.2, 0.25) is 0 Å². The van der Waals surface area contributed by atoms with Crippen molar-refractivity contribution in [1.29, 1.82) is 0 Å². The monoisotopic (exact) mass is 293 g/mol. The third-order valence-electron chi connectivity index (χ3n) is 2.29. The second kappa shape index (κ2) is 6.63. The van der Waals surface area contributed by atoms with Crippen LogP contribution >= 0.6 is 23.3 Å². The summed E-state index contributed by atoms with van der Waals surface area (Å²) in [5, 5.41) is 9.61. The van der Waals surface area contributed by atoms with Crippen molar-refractivity contribution >= 4 is 39.8 Å². The molecule has 0 fully saturated rings. The molecule has 7 heteroatoms. The molecule has 5 nitrogen and oxygen atoms in total. The van der Waals surface area contributed by atoms with Crippen LogP contribution in [0.25, 0.3) is 0 Å². The van der Waals surface area contributed by atoms with Crippen molar-refractivity contribution in [3.63, 3.8) is 0 Å². The molecule has 0 aliphatic heterocycles. The third-order valence-corrected chi connectivity index (χ3v) is 3.73. The fraction of sp³-hybridized carbons (Fsp3) is 0.333. The molecule has 19 heavy (non-hydrogen) atoms. The number of anilines is 1. The third kappa shape index (κ3) is 4.00. The van der Waals surface area contributed by atoms with Gasteiger partial charge >= 0.3 is 0 Å². The molecule has 0 radical (unpaired) electrons. The highest BCUT2D eigenvalue weighted by Crippen LogP contribution is 2.24. The normalized spacial score (nSPS) is 11.1. The van der Waals surface area contributed by atoms with Crippen molar-refractivity contribution in [3.05, 3.63) is 24.3 Å². The van der Waals surface area contributed by atoms with E-state index in [1.165, 1.54) is 11.5 Å². The zero-order chi connectivity index (χ0) is 13.7. The van der Waals surface area contributed by atoms with Crippen LogP contribution in [-0.2, 0) is 0 Å². The molecule has 0 amide bonds. The quantitative estimate of drug-likeness (QED) is 0.614. The van der Waals surface area contributed by atoms with Gasteiger partial charge in [-0.3, -0.25) is 0 Å². The first-order chi connectivity index (χ1) is 9.19. The van der Waals surface area contributed by atoms with Gasteiger partial charge < -0.3 is 4.90 Å². The molecule has 0 aliphatic carbocycles. The first-order valence-corrected chi connectivity index (χ1v) is 7.60. The number of azo groups is 1. The van der Waals surface area contributed by atoms with Crippen LogP contribution in [0.5, 0.6) is 0 Å². The smallest absolute Gasteiger partial charge is 0.250 e. The minimum absolute atomic E-state index is 0.590. The van der Waals surface area contributed by atoms with Gasteiger partial charge in [0.1, 0.15) is 0 Å². The molecule has 1 aromatic heterocycles. The maximum absolute atomic E-state index is 4.26. The van der Waals surface area contributed by atoms with E-state index < -0.39 is 0 Å². The van der Waals surface area contributed by atoms with Gasteiger partial charge in [-0.15, -0.1) is 10.2 Å². The zero-order valence-corrected chi connectivity index (χ0v) is 12.7. The molecular weight excluding hydrogens is 278 g/mol. The van der Waals surface area contributed by atoms with Gasteiger partial charge in [0.15, 0.2) is 0 Å². The molecule has 0 spiro atoms. The first-order valence-electron chi connectivity index (χ1n) is 5.84. The number of rotatable bonds is 5. The summed E-state index contributed by atoms with van der Waals surface area (Å²) in [5.41, 5.74) is 1.95. The predicted molar refractivity (Wildman–Crippen MR) is 81.3 cm³/mol. The predicted octanol–water partition coefficient (Wildman–Crippen LogP) is 4.13. The van der Waals surface area contributed by atoms with Gasteiger partial charge in [0.05, 0.1) is 5.69 Å². The summed E-state index contributed by atoms with van der Waals surface area (Å²) in [5.74, 6) is 0.958. The molecule has 1 heterocycles. The topological polar surface area (TPSA) is 53.7 Å². The standard InChI is InChI=1S/C12H15N5S2/c1-4-18-12-13-11(19-16-12)15-14-9-5-7-10(8-6-9)17(2)3/h5-8H,4H2,1-3H3. The van der Waals surface area contributed by atoms with Gasteiger partial charge in [-0.25, -0.2) is 0 Å². The Balaban J connectivity index is 2.04. The van der Waals surface area contributed by atoms with Crippen molar-refractivity contribution in [1.82, 2.24) is 9.36 Å². The fourth-order valence-electron chi connectivity index (χ4n) is 1.35. The summed E-state index contributed by atoms with van der Waals surface area (Å²) in [4.78, 5) is 6.30. The van der Waals surface area contributed by atoms with Gasteiger partial charge in [0.25, 0.3) is 0 Å². The number of thioether (sulfide) groups is 1. The molecule has 0 saturated carbocycles. The Bertz CT molecular complexity index is 548. The van der Waals surface area contributed by atoms with Crippen LogP contribution in [0.4, 0.5) is 16.5 Å². The molecule has 2 aromatic rings. The lowest BCUT2D eigenvalue weighted by Gasteiger charge is -2.11.